The smallest absolute Gasteiger partial charge is 0.0677 e. The Labute approximate surface area is 80.2 Å². The van der Waals surface area contributed by atoms with Gasteiger partial charge in [-0.15, -0.1) is 0 Å². The third-order valence-electron chi connectivity index (χ3n) is 1.79. The molecule has 0 bridgehead atoms. The lowest BCUT2D eigenvalue weighted by atomic mass is 10.4. The van der Waals surface area contributed by atoms with Crippen LogP contribution in [-0.4, -0.2) is 14.7 Å². The number of rotatable bonds is 3. The highest BCUT2D eigenvalue weighted by atomic mass is 28.2. The van der Waals surface area contributed by atoms with Crippen molar-refractivity contribution in [3.8, 4) is 0 Å². The average Bonchev–Trinajstić information content (AvgIpc) is 2.04. The molecule has 0 aliphatic carbocycles. The molecular weight excluding hydrogens is 178 g/mol. The van der Waals surface area contributed by atoms with E-state index in [2.05, 4.69) is 22.2 Å². The molecule has 0 fully saturated rings. The van der Waals surface area contributed by atoms with E-state index in [4.69, 9.17) is 5.53 Å². The lowest BCUT2D eigenvalue weighted by Gasteiger charge is -2.16. The fourth-order valence-electron chi connectivity index (χ4n) is 1.25. The molecule has 0 radical (unpaired) electrons. The highest BCUT2D eigenvalue weighted by molar-refractivity contribution is 6.56. The second-order valence-corrected chi connectivity index (χ2v) is 6.56. The lowest BCUT2D eigenvalue weighted by Crippen LogP contribution is -2.34. The number of benzene rings is 1. The zero-order valence-electron chi connectivity index (χ0n) is 7.94. The maximum Gasteiger partial charge on any atom is 0.0677 e. The molecule has 1 aromatic rings. The number of nitrogens with zero attached hydrogens (tertiary/aromatic N) is 3. The van der Waals surface area contributed by atoms with Crippen LogP contribution in [0.25, 0.3) is 10.4 Å². The van der Waals surface area contributed by atoms with Crippen LogP contribution in [-0.2, 0) is 0 Å². The SMILES string of the molecule is CC(C)(N=[N+]=[N-])[SiH2]c1ccccc1. The van der Waals surface area contributed by atoms with Gasteiger partial charge in [-0.3, -0.25) is 0 Å². The first-order chi connectivity index (χ1) is 6.14. The summed E-state index contributed by atoms with van der Waals surface area (Å²) in [7, 11) is -0.515. The predicted molar refractivity (Wildman–Crippen MR) is 57.8 cm³/mol. The maximum absolute atomic E-state index is 8.36. The second-order valence-electron chi connectivity index (χ2n) is 3.66. The summed E-state index contributed by atoms with van der Waals surface area (Å²) in [5.74, 6) is 0. The van der Waals surface area contributed by atoms with Gasteiger partial charge in [-0.25, -0.2) is 0 Å². The topological polar surface area (TPSA) is 48.8 Å². The summed E-state index contributed by atoms with van der Waals surface area (Å²) in [4.78, 5) is 2.86. The minimum Gasteiger partial charge on any atom is -0.0910 e. The molecule has 68 valence electrons. The van der Waals surface area contributed by atoms with Gasteiger partial charge in [-0.1, -0.05) is 54.5 Å². The molecule has 1 aromatic carbocycles. The molecule has 0 unspecified atom stereocenters. The van der Waals surface area contributed by atoms with Gasteiger partial charge in [0.25, 0.3) is 0 Å². The maximum atomic E-state index is 8.36. The molecule has 3 nitrogen and oxygen atoms in total. The molecular formula is C9H13N3Si. The summed E-state index contributed by atoms with van der Waals surface area (Å²) < 4.78 is 0. The van der Waals surface area contributed by atoms with E-state index in [1.165, 1.54) is 5.19 Å². The van der Waals surface area contributed by atoms with E-state index >= 15 is 0 Å². The third-order valence-corrected chi connectivity index (χ3v) is 3.68. The van der Waals surface area contributed by atoms with Crippen LogP contribution in [0.15, 0.2) is 35.4 Å². The van der Waals surface area contributed by atoms with Crippen LogP contribution < -0.4 is 5.19 Å². The second kappa shape index (κ2) is 4.12. The van der Waals surface area contributed by atoms with Gasteiger partial charge in [0, 0.05) is 10.1 Å². The summed E-state index contributed by atoms with van der Waals surface area (Å²) >= 11 is 0. The van der Waals surface area contributed by atoms with Gasteiger partial charge in [-0.05, 0) is 5.53 Å². The average molecular weight is 191 g/mol. The Balaban J connectivity index is 2.74. The van der Waals surface area contributed by atoms with E-state index in [-0.39, 0.29) is 5.16 Å². The number of hydrogen-bond acceptors (Lipinski definition) is 1. The van der Waals surface area contributed by atoms with Gasteiger partial charge in [0.1, 0.15) is 0 Å². The molecule has 0 saturated carbocycles. The highest BCUT2D eigenvalue weighted by Gasteiger charge is 2.16. The first-order valence-electron chi connectivity index (χ1n) is 4.24. The first-order valence-corrected chi connectivity index (χ1v) is 5.66. The van der Waals surface area contributed by atoms with Gasteiger partial charge in [-0.2, -0.15) is 0 Å². The van der Waals surface area contributed by atoms with Crippen molar-refractivity contribution in [2.45, 2.75) is 19.0 Å². The molecule has 1 rings (SSSR count). The van der Waals surface area contributed by atoms with Crippen LogP contribution in [0.1, 0.15) is 13.8 Å². The Hall–Kier alpha value is -1.25. The standard InChI is InChI=1S/C9H13N3Si/c1-9(2,11-12-10)13-8-6-4-3-5-7-8/h3-7H,13H2,1-2H3. The molecule has 0 amide bonds. The zero-order chi connectivity index (χ0) is 9.73. The summed E-state index contributed by atoms with van der Waals surface area (Å²) in [5, 5.41) is 4.93. The fourth-order valence-corrected chi connectivity index (χ4v) is 2.89. The van der Waals surface area contributed by atoms with Crippen LogP contribution in [0, 0.1) is 0 Å². The Bertz CT molecular complexity index is 315. The summed E-state index contributed by atoms with van der Waals surface area (Å²) in [5.41, 5.74) is 8.36. The number of azide groups is 1. The molecule has 0 spiro atoms. The van der Waals surface area contributed by atoms with E-state index in [9.17, 15) is 0 Å². The van der Waals surface area contributed by atoms with Gasteiger partial charge < -0.3 is 0 Å². The van der Waals surface area contributed by atoms with Gasteiger partial charge in [0.15, 0.2) is 0 Å². The van der Waals surface area contributed by atoms with Crippen molar-refractivity contribution in [2.24, 2.45) is 5.11 Å². The minimum atomic E-state index is -0.515. The molecule has 4 heteroatoms. The molecule has 0 heterocycles. The minimum absolute atomic E-state index is 0.198. The van der Waals surface area contributed by atoms with E-state index in [0.717, 1.165) is 0 Å². The highest BCUT2D eigenvalue weighted by Crippen LogP contribution is 2.06. The van der Waals surface area contributed by atoms with E-state index in [1.807, 2.05) is 32.0 Å². The van der Waals surface area contributed by atoms with Crippen LogP contribution >= 0.6 is 0 Å². The molecule has 0 saturated heterocycles. The predicted octanol–water partition coefficient (Wildman–Crippen LogP) is 1.53. The molecule has 0 aliphatic rings. The van der Waals surface area contributed by atoms with Crippen LogP contribution in [0.5, 0.6) is 0 Å². The summed E-state index contributed by atoms with van der Waals surface area (Å²) in [6.07, 6.45) is 0. The van der Waals surface area contributed by atoms with Crippen molar-refractivity contribution in [1.82, 2.24) is 0 Å². The van der Waals surface area contributed by atoms with Crippen molar-refractivity contribution in [3.05, 3.63) is 40.8 Å². The fraction of sp³-hybridized carbons (Fsp3) is 0.333. The summed E-state index contributed by atoms with van der Waals surface area (Å²) in [6.45, 7) is 3.98. The normalized spacial score (nSPS) is 11.5. The van der Waals surface area contributed by atoms with Crippen LogP contribution in [0.3, 0.4) is 0 Å². The largest absolute Gasteiger partial charge is 0.0910 e. The van der Waals surface area contributed by atoms with Crippen molar-refractivity contribution >= 4 is 14.7 Å². The van der Waals surface area contributed by atoms with Crippen LogP contribution in [0.4, 0.5) is 0 Å². The first kappa shape index (κ1) is 9.83. The van der Waals surface area contributed by atoms with E-state index in [0.29, 0.717) is 0 Å². The van der Waals surface area contributed by atoms with E-state index < -0.39 is 9.52 Å². The van der Waals surface area contributed by atoms with Gasteiger partial charge >= 0.3 is 0 Å². The molecule has 0 aliphatic heterocycles. The Morgan fingerprint density at radius 3 is 2.46 bits per heavy atom. The van der Waals surface area contributed by atoms with Crippen molar-refractivity contribution in [1.29, 1.82) is 0 Å². The number of hydrogen-bond donors (Lipinski definition) is 0. The van der Waals surface area contributed by atoms with Gasteiger partial charge in [0.05, 0.1) is 9.52 Å². The Kier molecular flexibility index (Phi) is 3.11. The molecule has 13 heavy (non-hydrogen) atoms. The van der Waals surface area contributed by atoms with Gasteiger partial charge in [0.2, 0.25) is 0 Å². The van der Waals surface area contributed by atoms with Crippen LogP contribution in [0.2, 0.25) is 0 Å². The molecule has 0 N–H and O–H groups in total. The lowest BCUT2D eigenvalue weighted by molar-refractivity contribution is 0.726. The van der Waals surface area contributed by atoms with Crippen molar-refractivity contribution < 1.29 is 0 Å². The monoisotopic (exact) mass is 191 g/mol. The van der Waals surface area contributed by atoms with Crippen molar-refractivity contribution in [3.63, 3.8) is 0 Å². The quantitative estimate of drug-likeness (QED) is 0.301. The van der Waals surface area contributed by atoms with Crippen molar-refractivity contribution in [2.75, 3.05) is 0 Å². The third kappa shape index (κ3) is 3.32. The zero-order valence-corrected chi connectivity index (χ0v) is 9.35. The summed E-state index contributed by atoms with van der Waals surface area (Å²) in [6, 6.07) is 10.2. The molecule has 0 aromatic heterocycles. The van der Waals surface area contributed by atoms with E-state index in [1.54, 1.807) is 0 Å². The molecule has 0 atom stereocenters. The Morgan fingerprint density at radius 2 is 1.92 bits per heavy atom. The Morgan fingerprint density at radius 1 is 1.31 bits per heavy atom.